The fourth-order valence-corrected chi connectivity index (χ4v) is 1.34. The maximum Gasteiger partial charge on any atom is 0.0112 e. The number of nitrogens with zero attached hydrogens (tertiary/aromatic N) is 2. The lowest BCUT2D eigenvalue weighted by Gasteiger charge is -2.34. The first-order valence-electron chi connectivity index (χ1n) is 4.13. The number of rotatable bonds is 1. The Morgan fingerprint density at radius 2 is 1.45 bits per heavy atom. The second kappa shape index (κ2) is 4.96. The first kappa shape index (κ1) is 11.2. The van der Waals surface area contributed by atoms with Crippen LogP contribution < -0.4 is 0 Å². The lowest BCUT2D eigenvalue weighted by molar-refractivity contribution is 0.126. The second-order valence-corrected chi connectivity index (χ2v) is 3.43. The van der Waals surface area contributed by atoms with Gasteiger partial charge in [0, 0.05) is 32.2 Å². The van der Waals surface area contributed by atoms with E-state index < -0.39 is 0 Å². The minimum Gasteiger partial charge on any atom is -0.304 e. The molecule has 1 heterocycles. The van der Waals surface area contributed by atoms with Crippen molar-refractivity contribution in [2.24, 2.45) is 0 Å². The van der Waals surface area contributed by atoms with E-state index in [-0.39, 0.29) is 12.4 Å². The van der Waals surface area contributed by atoms with Gasteiger partial charge in [0.2, 0.25) is 0 Å². The molecule has 0 aliphatic carbocycles. The molecular formula is C8H19ClN2. The highest BCUT2D eigenvalue weighted by Crippen LogP contribution is 2.02. The molecule has 1 aliphatic heterocycles. The van der Waals surface area contributed by atoms with Crippen LogP contribution in [0, 0.1) is 0 Å². The number of hydrogen-bond acceptors (Lipinski definition) is 2. The van der Waals surface area contributed by atoms with Crippen LogP contribution in [0.3, 0.4) is 0 Å². The van der Waals surface area contributed by atoms with Crippen molar-refractivity contribution < 1.29 is 0 Å². The molecule has 3 heteroatoms. The van der Waals surface area contributed by atoms with Gasteiger partial charge in [-0.3, -0.25) is 4.90 Å². The molecule has 0 spiro atoms. The van der Waals surface area contributed by atoms with E-state index >= 15 is 0 Å². The van der Waals surface area contributed by atoms with E-state index in [4.69, 9.17) is 0 Å². The molecule has 11 heavy (non-hydrogen) atoms. The molecule has 0 unspecified atom stereocenters. The van der Waals surface area contributed by atoms with Gasteiger partial charge >= 0.3 is 0 Å². The lowest BCUT2D eigenvalue weighted by Crippen LogP contribution is -2.47. The third-order valence-electron chi connectivity index (χ3n) is 2.27. The van der Waals surface area contributed by atoms with Gasteiger partial charge in [-0.15, -0.1) is 12.4 Å². The van der Waals surface area contributed by atoms with Gasteiger partial charge in [0.05, 0.1) is 0 Å². The Morgan fingerprint density at radius 3 is 1.82 bits per heavy atom. The van der Waals surface area contributed by atoms with E-state index in [1.165, 1.54) is 26.2 Å². The summed E-state index contributed by atoms with van der Waals surface area (Å²) in [6.07, 6.45) is 0. The molecule has 0 aromatic rings. The van der Waals surface area contributed by atoms with Crippen LogP contribution >= 0.6 is 12.4 Å². The van der Waals surface area contributed by atoms with Crippen molar-refractivity contribution >= 4 is 12.4 Å². The van der Waals surface area contributed by atoms with Crippen molar-refractivity contribution in [2.45, 2.75) is 19.9 Å². The molecule has 0 aromatic heterocycles. The quantitative estimate of drug-likeness (QED) is 0.593. The van der Waals surface area contributed by atoms with Crippen LogP contribution in [0.25, 0.3) is 0 Å². The molecule has 68 valence electrons. The summed E-state index contributed by atoms with van der Waals surface area (Å²) in [5.41, 5.74) is 0. The molecule has 1 aliphatic rings. The number of hydrogen-bond donors (Lipinski definition) is 0. The van der Waals surface area contributed by atoms with Gasteiger partial charge in [-0.1, -0.05) is 0 Å². The van der Waals surface area contributed by atoms with Gasteiger partial charge in [-0.05, 0) is 20.9 Å². The monoisotopic (exact) mass is 178 g/mol. The van der Waals surface area contributed by atoms with Crippen LogP contribution in [-0.2, 0) is 0 Å². The van der Waals surface area contributed by atoms with Gasteiger partial charge in [-0.25, -0.2) is 0 Å². The molecule has 0 saturated carbocycles. The maximum absolute atomic E-state index is 2.53. The first-order valence-corrected chi connectivity index (χ1v) is 4.13. The molecular weight excluding hydrogens is 160 g/mol. The van der Waals surface area contributed by atoms with Gasteiger partial charge in [0.25, 0.3) is 0 Å². The topological polar surface area (TPSA) is 6.48 Å². The molecule has 2 nitrogen and oxygen atoms in total. The summed E-state index contributed by atoms with van der Waals surface area (Å²) in [7, 11) is 2.19. The Labute approximate surface area is 76.0 Å². The third-order valence-corrected chi connectivity index (χ3v) is 2.27. The summed E-state index contributed by atoms with van der Waals surface area (Å²) >= 11 is 0. The average Bonchev–Trinajstić information content (AvgIpc) is 1.88. The minimum atomic E-state index is 0. The summed E-state index contributed by atoms with van der Waals surface area (Å²) in [6, 6.07) is 0.730. The number of halogens is 1. The van der Waals surface area contributed by atoms with Crippen LogP contribution in [0.4, 0.5) is 0 Å². The van der Waals surface area contributed by atoms with Gasteiger partial charge in [0.1, 0.15) is 0 Å². The lowest BCUT2D eigenvalue weighted by atomic mass is 10.2. The minimum absolute atomic E-state index is 0. The molecule has 1 fully saturated rings. The predicted molar refractivity (Wildman–Crippen MR) is 51.5 cm³/mol. The highest BCUT2D eigenvalue weighted by molar-refractivity contribution is 5.85. The first-order chi connectivity index (χ1) is 4.70. The van der Waals surface area contributed by atoms with Crippen molar-refractivity contribution in [3.8, 4) is 0 Å². The zero-order valence-corrected chi connectivity index (χ0v) is 8.52. The summed E-state index contributed by atoms with van der Waals surface area (Å²) in [5, 5.41) is 0. The van der Waals surface area contributed by atoms with E-state index in [0.29, 0.717) is 0 Å². The van der Waals surface area contributed by atoms with Crippen LogP contribution in [-0.4, -0.2) is 49.1 Å². The maximum atomic E-state index is 2.53. The molecule has 0 atom stereocenters. The largest absolute Gasteiger partial charge is 0.304 e. The molecule has 0 radical (unpaired) electrons. The van der Waals surface area contributed by atoms with E-state index in [1.807, 2.05) is 0 Å². The number of piperazine rings is 1. The van der Waals surface area contributed by atoms with E-state index in [1.54, 1.807) is 0 Å². The Balaban J connectivity index is 0.000001000. The van der Waals surface area contributed by atoms with Gasteiger partial charge in [-0.2, -0.15) is 0 Å². The Hall–Kier alpha value is 0.210. The average molecular weight is 179 g/mol. The third kappa shape index (κ3) is 3.41. The van der Waals surface area contributed by atoms with Crippen LogP contribution in [0.5, 0.6) is 0 Å². The van der Waals surface area contributed by atoms with Crippen LogP contribution in [0.1, 0.15) is 13.8 Å². The molecule has 1 saturated heterocycles. The van der Waals surface area contributed by atoms with Gasteiger partial charge in [0.15, 0.2) is 0 Å². The van der Waals surface area contributed by atoms with E-state index in [9.17, 15) is 0 Å². The Kier molecular flexibility index (Phi) is 5.06. The Bertz CT molecular complexity index is 98.3. The normalized spacial score (nSPS) is 21.8. The second-order valence-electron chi connectivity index (χ2n) is 3.43. The molecule has 0 amide bonds. The van der Waals surface area contributed by atoms with Crippen LogP contribution in [0.15, 0.2) is 0 Å². The summed E-state index contributed by atoms with van der Waals surface area (Å²) in [5.74, 6) is 0. The van der Waals surface area contributed by atoms with Crippen molar-refractivity contribution in [3.63, 3.8) is 0 Å². The van der Waals surface area contributed by atoms with Gasteiger partial charge < -0.3 is 4.90 Å². The van der Waals surface area contributed by atoms with E-state index in [2.05, 4.69) is 30.7 Å². The smallest absolute Gasteiger partial charge is 0.0112 e. The summed E-state index contributed by atoms with van der Waals surface area (Å²) < 4.78 is 0. The van der Waals surface area contributed by atoms with Crippen molar-refractivity contribution in [1.82, 2.24) is 9.80 Å². The Morgan fingerprint density at radius 1 is 1.00 bits per heavy atom. The van der Waals surface area contributed by atoms with Crippen LogP contribution in [0.2, 0.25) is 0 Å². The zero-order chi connectivity index (χ0) is 7.56. The fraction of sp³-hybridized carbons (Fsp3) is 1.00. The predicted octanol–water partition coefficient (Wildman–Crippen LogP) is 1.06. The number of likely N-dealkylation sites (N-methyl/N-ethyl adjacent to an activating group) is 1. The molecule has 0 aromatic carbocycles. The summed E-state index contributed by atoms with van der Waals surface area (Å²) in [6.45, 7) is 9.50. The van der Waals surface area contributed by atoms with E-state index in [0.717, 1.165) is 6.04 Å². The highest BCUT2D eigenvalue weighted by atomic mass is 35.5. The highest BCUT2D eigenvalue weighted by Gasteiger charge is 2.15. The molecule has 1 rings (SSSR count). The zero-order valence-electron chi connectivity index (χ0n) is 7.71. The molecule has 0 N–H and O–H groups in total. The van der Waals surface area contributed by atoms with Crippen molar-refractivity contribution in [1.29, 1.82) is 0 Å². The summed E-state index contributed by atoms with van der Waals surface area (Å²) in [4.78, 5) is 4.92. The molecule has 0 bridgehead atoms. The standard InChI is InChI=1S/C8H18N2.ClH/c1-8(2)10-6-4-9(3)5-7-10;/h8H,4-7H2,1-3H3;1H. The fourth-order valence-electron chi connectivity index (χ4n) is 1.34. The van der Waals surface area contributed by atoms with Crippen molar-refractivity contribution in [2.75, 3.05) is 33.2 Å². The SMILES string of the molecule is CC(C)N1CCN(C)CC1.Cl. The van der Waals surface area contributed by atoms with Crippen molar-refractivity contribution in [3.05, 3.63) is 0 Å².